The Morgan fingerprint density at radius 2 is 0.839 bits per heavy atom. The van der Waals surface area contributed by atoms with Crippen molar-refractivity contribution in [2.45, 2.75) is 90.9 Å². The van der Waals surface area contributed by atoms with Crippen molar-refractivity contribution in [2.24, 2.45) is 0 Å². The summed E-state index contributed by atoms with van der Waals surface area (Å²) in [6.07, 6.45) is 14.9. The molecule has 0 spiro atoms. The second-order valence-electron chi connectivity index (χ2n) is 7.59. The molecule has 181 valence electrons. The quantitative estimate of drug-likeness (QED) is 0.356. The fourth-order valence-corrected chi connectivity index (χ4v) is 3.28. The van der Waals surface area contributed by atoms with Gasteiger partial charge in [0.05, 0.1) is 0 Å². The van der Waals surface area contributed by atoms with Gasteiger partial charge in [-0.3, -0.25) is 0 Å². The average molecular weight is 480 g/mol. The second kappa shape index (κ2) is 23.1. The molecule has 0 aliphatic carbocycles. The van der Waals surface area contributed by atoms with E-state index >= 15 is 0 Å². The van der Waals surface area contributed by atoms with Gasteiger partial charge < -0.3 is 21.2 Å². The molecule has 0 bridgehead atoms. The molecule has 0 saturated carbocycles. The minimum absolute atomic E-state index is 0. The number of aryl methyl sites for hydroxylation is 2. The number of benzene rings is 2. The van der Waals surface area contributed by atoms with E-state index in [-0.39, 0.29) is 27.7 Å². The summed E-state index contributed by atoms with van der Waals surface area (Å²) in [5.41, 5.74) is 2.17. The van der Waals surface area contributed by atoms with Gasteiger partial charge >= 0.3 is 0 Å². The monoisotopic (exact) mass is 479 g/mol. The first kappa shape index (κ1) is 34.1. The van der Waals surface area contributed by atoms with Crippen molar-refractivity contribution in [3.63, 3.8) is 0 Å². The third-order valence-electron chi connectivity index (χ3n) is 5.08. The maximum atomic E-state index is 9.51. The molecule has 5 heteroatoms. The van der Waals surface area contributed by atoms with Gasteiger partial charge in [0, 0.05) is 16.8 Å². The van der Waals surface area contributed by atoms with Crippen molar-refractivity contribution in [3.05, 3.63) is 59.7 Å². The minimum atomic E-state index is 0. The number of para-hydroxylation sites is 2. The summed E-state index contributed by atoms with van der Waals surface area (Å²) < 4.78 is 0. The molecule has 4 nitrogen and oxygen atoms in total. The first-order valence-corrected chi connectivity index (χ1v) is 11.2. The normalized spacial score (nSPS) is 9.35. The number of unbranched alkanes of at least 4 members (excludes halogenated alkanes) is 8. The second-order valence-corrected chi connectivity index (χ2v) is 7.59. The van der Waals surface area contributed by atoms with E-state index < -0.39 is 0 Å². The zero-order valence-corrected chi connectivity index (χ0v) is 20.4. The summed E-state index contributed by atoms with van der Waals surface area (Å²) in [6, 6.07) is 15.3. The van der Waals surface area contributed by atoms with Gasteiger partial charge in [-0.2, -0.15) is 0 Å². The molecule has 0 fully saturated rings. The number of phenols is 2. The van der Waals surface area contributed by atoms with E-state index in [4.69, 9.17) is 0 Å². The van der Waals surface area contributed by atoms with E-state index in [1.165, 1.54) is 64.2 Å². The molecule has 0 unspecified atom stereocenters. The maximum absolute atomic E-state index is 9.51. The van der Waals surface area contributed by atoms with E-state index in [1.54, 1.807) is 12.1 Å². The first-order chi connectivity index (χ1) is 13.7. The molecule has 1 radical (unpaired) electrons. The summed E-state index contributed by atoms with van der Waals surface area (Å²) in [5.74, 6) is 0.894. The van der Waals surface area contributed by atoms with Gasteiger partial charge in [-0.15, -0.1) is 0 Å². The largest absolute Gasteiger partial charge is 0.508 e. The third kappa shape index (κ3) is 16.8. The van der Waals surface area contributed by atoms with E-state index in [0.29, 0.717) is 11.5 Å². The number of aromatic hydroxyl groups is 2. The van der Waals surface area contributed by atoms with Crippen LogP contribution in [0.5, 0.6) is 11.5 Å². The Labute approximate surface area is 199 Å². The average Bonchev–Trinajstić information content (AvgIpc) is 2.71. The van der Waals surface area contributed by atoms with Crippen molar-refractivity contribution < 1.29 is 37.9 Å². The molecule has 2 aromatic carbocycles. The summed E-state index contributed by atoms with van der Waals surface area (Å²) in [6.45, 7) is 4.45. The maximum Gasteiger partial charge on any atom is 0.118 e. The summed E-state index contributed by atoms with van der Waals surface area (Å²) >= 11 is 0. The topological polar surface area (TPSA) is 103 Å². The molecule has 0 aliphatic rings. The molecule has 0 atom stereocenters. The Kier molecular flexibility index (Phi) is 25.4. The van der Waals surface area contributed by atoms with Crippen LogP contribution in [0.1, 0.15) is 89.2 Å². The summed E-state index contributed by atoms with van der Waals surface area (Å²) in [4.78, 5) is 0. The van der Waals surface area contributed by atoms with E-state index in [1.807, 2.05) is 36.4 Å². The molecule has 6 N–H and O–H groups in total. The van der Waals surface area contributed by atoms with Crippen molar-refractivity contribution in [1.29, 1.82) is 0 Å². The van der Waals surface area contributed by atoms with Crippen LogP contribution in [0.25, 0.3) is 0 Å². The zero-order valence-electron chi connectivity index (χ0n) is 19.3. The molecule has 0 amide bonds. The summed E-state index contributed by atoms with van der Waals surface area (Å²) in [5, 5.41) is 19.0. The predicted molar refractivity (Wildman–Crippen MR) is 128 cm³/mol. The smallest absolute Gasteiger partial charge is 0.118 e. The number of rotatable bonds is 12. The van der Waals surface area contributed by atoms with Gasteiger partial charge in [0.15, 0.2) is 0 Å². The molecule has 2 rings (SSSR count). The minimum Gasteiger partial charge on any atom is -0.508 e. The molecule has 0 heterocycles. The van der Waals surface area contributed by atoms with Gasteiger partial charge in [0.2, 0.25) is 0 Å². The van der Waals surface area contributed by atoms with Crippen LogP contribution in [0.2, 0.25) is 0 Å². The van der Waals surface area contributed by atoms with Crippen LogP contribution in [-0.4, -0.2) is 21.2 Å². The van der Waals surface area contributed by atoms with Crippen LogP contribution >= 0.6 is 0 Å². The van der Waals surface area contributed by atoms with Gasteiger partial charge in [0.1, 0.15) is 11.5 Å². The summed E-state index contributed by atoms with van der Waals surface area (Å²) in [7, 11) is 0. The van der Waals surface area contributed by atoms with Crippen LogP contribution in [0.3, 0.4) is 0 Å². The Bertz CT molecular complexity index is 579. The fourth-order valence-electron chi connectivity index (χ4n) is 3.28. The molecular formula is C26H44CoO4. The predicted octanol–water partition coefficient (Wildman–Crippen LogP) is 6.16. The molecular weight excluding hydrogens is 435 g/mol. The van der Waals surface area contributed by atoms with Gasteiger partial charge in [0.25, 0.3) is 0 Å². The Morgan fingerprint density at radius 1 is 0.516 bits per heavy atom. The Balaban J connectivity index is -0.000000461. The van der Waals surface area contributed by atoms with Crippen LogP contribution in [0.4, 0.5) is 0 Å². The van der Waals surface area contributed by atoms with Crippen molar-refractivity contribution in [1.82, 2.24) is 0 Å². The zero-order chi connectivity index (χ0) is 20.5. The van der Waals surface area contributed by atoms with Crippen LogP contribution < -0.4 is 0 Å². The molecule has 0 saturated heterocycles. The fraction of sp³-hybridized carbons (Fsp3) is 0.538. The molecule has 2 aromatic rings. The van der Waals surface area contributed by atoms with Gasteiger partial charge in [-0.25, -0.2) is 0 Å². The standard InChI is InChI=1S/2C13H20O.Co.2H2O/c2*1-2-3-4-5-6-9-12-10-7-8-11-13(12)14;;;/h2*7-8,10-11,14H,2-6,9H2,1H3;;2*1H2. The number of hydrogen-bond donors (Lipinski definition) is 2. The van der Waals surface area contributed by atoms with Crippen molar-refractivity contribution >= 4 is 0 Å². The molecule has 31 heavy (non-hydrogen) atoms. The van der Waals surface area contributed by atoms with Crippen LogP contribution in [0.15, 0.2) is 48.5 Å². The molecule has 0 aromatic heterocycles. The Hall–Kier alpha value is -1.53. The van der Waals surface area contributed by atoms with E-state index in [2.05, 4.69) is 13.8 Å². The number of hydrogen-bond acceptors (Lipinski definition) is 2. The number of phenolic OH excluding ortho intramolecular Hbond substituents is 2. The third-order valence-corrected chi connectivity index (χ3v) is 5.08. The van der Waals surface area contributed by atoms with Crippen molar-refractivity contribution in [2.75, 3.05) is 0 Å². The van der Waals surface area contributed by atoms with Crippen molar-refractivity contribution in [3.8, 4) is 11.5 Å². The Morgan fingerprint density at radius 3 is 1.16 bits per heavy atom. The van der Waals surface area contributed by atoms with Crippen LogP contribution in [-0.2, 0) is 29.6 Å². The van der Waals surface area contributed by atoms with E-state index in [0.717, 1.165) is 24.0 Å². The van der Waals surface area contributed by atoms with Gasteiger partial charge in [-0.1, -0.05) is 102 Å². The molecule has 0 aliphatic heterocycles. The van der Waals surface area contributed by atoms with E-state index in [9.17, 15) is 10.2 Å². The first-order valence-electron chi connectivity index (χ1n) is 11.2. The van der Waals surface area contributed by atoms with Gasteiger partial charge in [-0.05, 0) is 48.9 Å². The SMILES string of the molecule is CCCCCCCc1ccccc1O.CCCCCCCc1ccccc1O.O.O.[Co]. The van der Waals surface area contributed by atoms with Crippen LogP contribution in [0, 0.1) is 0 Å².